The molecule has 0 fully saturated rings. The quantitative estimate of drug-likeness (QED) is 0.440. The summed E-state index contributed by atoms with van der Waals surface area (Å²) in [5, 5.41) is 2.56. The average Bonchev–Trinajstić information content (AvgIpc) is 2.80. The molecule has 1 aliphatic heterocycles. The van der Waals surface area contributed by atoms with Gasteiger partial charge in [0.15, 0.2) is 0 Å². The van der Waals surface area contributed by atoms with Crippen LogP contribution in [-0.4, -0.2) is 36.7 Å². The SMILES string of the molecule is CCC(N1CCc2cc(C)c(C)cc2C1)N(C)C(C)c1ccc2c(C)c(OC)ccc2c1. The molecule has 3 aromatic carbocycles. The van der Waals surface area contributed by atoms with Gasteiger partial charge in [-0.3, -0.25) is 9.80 Å². The Labute approximate surface area is 194 Å². The van der Waals surface area contributed by atoms with Crippen molar-refractivity contribution in [3.63, 3.8) is 0 Å². The molecule has 0 aliphatic carbocycles. The number of ether oxygens (including phenoxy) is 1. The Hall–Kier alpha value is -2.36. The lowest BCUT2D eigenvalue weighted by molar-refractivity contribution is 0.0232. The highest BCUT2D eigenvalue weighted by Crippen LogP contribution is 2.32. The zero-order chi connectivity index (χ0) is 23.0. The molecule has 170 valence electrons. The molecular weight excluding hydrogens is 392 g/mol. The average molecular weight is 431 g/mol. The lowest BCUT2D eigenvalue weighted by atomic mass is 9.94. The topological polar surface area (TPSA) is 15.7 Å². The van der Waals surface area contributed by atoms with Crippen molar-refractivity contribution in [1.29, 1.82) is 0 Å². The summed E-state index contributed by atoms with van der Waals surface area (Å²) in [5.74, 6) is 0.956. The van der Waals surface area contributed by atoms with Gasteiger partial charge in [0, 0.05) is 19.1 Å². The fraction of sp³-hybridized carbons (Fsp3) is 0.448. The molecule has 3 heteroatoms. The second kappa shape index (κ2) is 9.25. The molecule has 32 heavy (non-hydrogen) atoms. The van der Waals surface area contributed by atoms with E-state index in [0.29, 0.717) is 12.2 Å². The first-order valence-electron chi connectivity index (χ1n) is 12.0. The van der Waals surface area contributed by atoms with Crippen LogP contribution in [0.4, 0.5) is 0 Å². The van der Waals surface area contributed by atoms with Gasteiger partial charge in [-0.25, -0.2) is 0 Å². The van der Waals surface area contributed by atoms with E-state index in [9.17, 15) is 0 Å². The van der Waals surface area contributed by atoms with Gasteiger partial charge in [-0.05, 0) is 104 Å². The van der Waals surface area contributed by atoms with Gasteiger partial charge < -0.3 is 4.74 Å². The van der Waals surface area contributed by atoms with Crippen LogP contribution in [0.15, 0.2) is 42.5 Å². The van der Waals surface area contributed by atoms with Gasteiger partial charge in [0.25, 0.3) is 0 Å². The number of hydrogen-bond donors (Lipinski definition) is 0. The van der Waals surface area contributed by atoms with Crippen molar-refractivity contribution >= 4 is 10.8 Å². The van der Waals surface area contributed by atoms with E-state index in [0.717, 1.165) is 31.7 Å². The van der Waals surface area contributed by atoms with E-state index in [4.69, 9.17) is 4.74 Å². The van der Waals surface area contributed by atoms with Crippen LogP contribution in [0.1, 0.15) is 59.7 Å². The maximum atomic E-state index is 5.51. The van der Waals surface area contributed by atoms with Gasteiger partial charge in [-0.2, -0.15) is 0 Å². The summed E-state index contributed by atoms with van der Waals surface area (Å²) < 4.78 is 5.51. The Morgan fingerprint density at radius 3 is 2.41 bits per heavy atom. The minimum atomic E-state index is 0.341. The molecule has 3 nitrogen and oxygen atoms in total. The van der Waals surface area contributed by atoms with Crippen LogP contribution in [0.3, 0.4) is 0 Å². The number of benzene rings is 3. The minimum absolute atomic E-state index is 0.341. The minimum Gasteiger partial charge on any atom is -0.496 e. The third-order valence-corrected chi connectivity index (χ3v) is 7.69. The smallest absolute Gasteiger partial charge is 0.122 e. The van der Waals surface area contributed by atoms with Crippen molar-refractivity contribution in [2.75, 3.05) is 20.7 Å². The van der Waals surface area contributed by atoms with E-state index in [1.54, 1.807) is 7.11 Å². The summed E-state index contributed by atoms with van der Waals surface area (Å²) in [4.78, 5) is 5.23. The first kappa shape index (κ1) is 22.8. The van der Waals surface area contributed by atoms with Crippen molar-refractivity contribution in [2.45, 2.75) is 66.2 Å². The molecule has 2 unspecified atom stereocenters. The fourth-order valence-electron chi connectivity index (χ4n) is 5.39. The van der Waals surface area contributed by atoms with Gasteiger partial charge in [-0.15, -0.1) is 0 Å². The maximum Gasteiger partial charge on any atom is 0.122 e. The van der Waals surface area contributed by atoms with E-state index in [2.05, 4.69) is 93.9 Å². The normalized spacial score (nSPS) is 16.2. The summed E-state index contributed by atoms with van der Waals surface area (Å²) >= 11 is 0. The van der Waals surface area contributed by atoms with Gasteiger partial charge >= 0.3 is 0 Å². The number of nitrogens with zero attached hydrogens (tertiary/aromatic N) is 2. The Kier molecular flexibility index (Phi) is 6.60. The summed E-state index contributed by atoms with van der Waals surface area (Å²) in [6.45, 7) is 13.4. The summed E-state index contributed by atoms with van der Waals surface area (Å²) in [7, 11) is 4.03. The Morgan fingerprint density at radius 1 is 1.00 bits per heavy atom. The van der Waals surface area contributed by atoms with Gasteiger partial charge in [-0.1, -0.05) is 37.3 Å². The monoisotopic (exact) mass is 430 g/mol. The van der Waals surface area contributed by atoms with Crippen molar-refractivity contribution in [1.82, 2.24) is 9.80 Å². The predicted molar refractivity (Wildman–Crippen MR) is 136 cm³/mol. The van der Waals surface area contributed by atoms with E-state index < -0.39 is 0 Å². The van der Waals surface area contributed by atoms with Crippen LogP contribution in [0.5, 0.6) is 5.75 Å². The van der Waals surface area contributed by atoms with Gasteiger partial charge in [0.05, 0.1) is 13.3 Å². The van der Waals surface area contributed by atoms with Crippen LogP contribution in [0, 0.1) is 20.8 Å². The van der Waals surface area contributed by atoms with Crippen LogP contribution in [0.2, 0.25) is 0 Å². The second-order valence-electron chi connectivity index (χ2n) is 9.53. The van der Waals surface area contributed by atoms with Gasteiger partial charge in [0.1, 0.15) is 5.75 Å². The lowest BCUT2D eigenvalue weighted by Gasteiger charge is -2.42. The molecule has 0 bridgehead atoms. The molecule has 1 aliphatic rings. The van der Waals surface area contributed by atoms with E-state index in [1.807, 2.05) is 0 Å². The van der Waals surface area contributed by atoms with Crippen LogP contribution < -0.4 is 4.74 Å². The first-order chi connectivity index (χ1) is 15.3. The van der Waals surface area contributed by atoms with Crippen LogP contribution in [0.25, 0.3) is 10.8 Å². The number of methoxy groups -OCH3 is 1. The zero-order valence-corrected chi connectivity index (χ0v) is 20.8. The predicted octanol–water partition coefficient (Wildman–Crippen LogP) is 6.56. The molecular formula is C29H38N2O. The van der Waals surface area contributed by atoms with E-state index in [-0.39, 0.29) is 0 Å². The molecule has 0 aromatic heterocycles. The molecule has 4 rings (SSSR count). The summed E-state index contributed by atoms with van der Waals surface area (Å²) in [5.41, 5.74) is 8.44. The molecule has 0 N–H and O–H groups in total. The number of hydrogen-bond acceptors (Lipinski definition) is 3. The molecule has 0 radical (unpaired) electrons. The molecule has 0 saturated heterocycles. The molecule has 2 atom stereocenters. The van der Waals surface area contributed by atoms with E-state index in [1.165, 1.54) is 44.2 Å². The van der Waals surface area contributed by atoms with E-state index >= 15 is 0 Å². The second-order valence-corrected chi connectivity index (χ2v) is 9.53. The third-order valence-electron chi connectivity index (χ3n) is 7.69. The Bertz CT molecular complexity index is 1120. The lowest BCUT2D eigenvalue weighted by Crippen LogP contribution is -2.49. The molecule has 3 aromatic rings. The standard InChI is InChI=1S/C29H38N2O/c1-8-29(31-14-13-24-15-19(2)20(3)16-26(24)18-31)30(6)22(5)23-9-11-27-21(4)28(32-7)12-10-25(27)17-23/h9-12,15-17,22,29H,8,13-14,18H2,1-7H3. The number of fused-ring (bicyclic) bond motifs is 2. The van der Waals surface area contributed by atoms with Crippen molar-refractivity contribution in [3.8, 4) is 5.75 Å². The third kappa shape index (κ3) is 4.16. The zero-order valence-electron chi connectivity index (χ0n) is 20.8. The van der Waals surface area contributed by atoms with Crippen molar-refractivity contribution in [3.05, 3.63) is 75.8 Å². The molecule has 1 heterocycles. The Morgan fingerprint density at radius 2 is 1.72 bits per heavy atom. The first-order valence-corrected chi connectivity index (χ1v) is 12.0. The maximum absolute atomic E-state index is 5.51. The fourth-order valence-corrected chi connectivity index (χ4v) is 5.39. The van der Waals surface area contributed by atoms with Crippen LogP contribution >= 0.6 is 0 Å². The van der Waals surface area contributed by atoms with Crippen LogP contribution in [-0.2, 0) is 13.0 Å². The summed E-state index contributed by atoms with van der Waals surface area (Å²) in [6.07, 6.45) is 2.69. The largest absolute Gasteiger partial charge is 0.496 e. The van der Waals surface area contributed by atoms with Crippen molar-refractivity contribution < 1.29 is 4.74 Å². The number of aryl methyl sites for hydroxylation is 3. The number of rotatable bonds is 6. The molecule has 0 amide bonds. The highest BCUT2D eigenvalue weighted by Gasteiger charge is 2.28. The van der Waals surface area contributed by atoms with Gasteiger partial charge in [0.2, 0.25) is 0 Å². The molecule has 0 spiro atoms. The molecule has 0 saturated carbocycles. The highest BCUT2D eigenvalue weighted by molar-refractivity contribution is 5.88. The summed E-state index contributed by atoms with van der Waals surface area (Å²) in [6, 6.07) is 16.3. The van der Waals surface area contributed by atoms with Crippen molar-refractivity contribution in [2.24, 2.45) is 0 Å². The highest BCUT2D eigenvalue weighted by atomic mass is 16.5. The Balaban J connectivity index is 1.56.